The minimum atomic E-state index is -5.23. The zero-order valence-corrected chi connectivity index (χ0v) is 40.0. The normalized spacial score (nSPS) is 28.6. The summed E-state index contributed by atoms with van der Waals surface area (Å²) >= 11 is 0. The second kappa shape index (κ2) is 23.7. The quantitative estimate of drug-likeness (QED) is 0.0233. The number of aliphatic hydroxyl groups is 2. The van der Waals surface area contributed by atoms with Crippen LogP contribution in [0.2, 0.25) is 0 Å². The average Bonchev–Trinajstić information content (AvgIpc) is 4.17. The van der Waals surface area contributed by atoms with Gasteiger partial charge in [-0.3, -0.25) is 61.1 Å². The van der Waals surface area contributed by atoms with E-state index in [1.165, 1.54) is 4.57 Å². The highest BCUT2D eigenvalue weighted by Crippen LogP contribution is 2.53. The van der Waals surface area contributed by atoms with E-state index < -0.39 is 101 Å². The predicted molar refractivity (Wildman–Crippen MR) is 239 cm³/mol. The van der Waals surface area contributed by atoms with Crippen molar-refractivity contribution < 1.29 is 94.8 Å². The number of hydrogen-bond donors (Lipinski definition) is 8. The highest BCUT2D eigenvalue weighted by atomic mass is 31.2. The third kappa shape index (κ3) is 13.2. The summed E-state index contributed by atoms with van der Waals surface area (Å²) in [6.45, 7) is 0.207. The van der Waals surface area contributed by atoms with Gasteiger partial charge in [0.25, 0.3) is 17.4 Å². The number of amides is 4. The fourth-order valence-electron chi connectivity index (χ4n) is 7.71. The minimum absolute atomic E-state index is 0.000714. The minimum Gasteiger partial charge on any atom is -0.387 e. The number of imidazole rings is 2. The van der Waals surface area contributed by atoms with Crippen molar-refractivity contribution in [3.63, 3.8) is 0 Å². The van der Waals surface area contributed by atoms with Crippen LogP contribution < -0.4 is 21.9 Å². The Labute approximate surface area is 410 Å². The van der Waals surface area contributed by atoms with E-state index in [0.29, 0.717) is 0 Å². The van der Waals surface area contributed by atoms with Crippen molar-refractivity contribution in [1.82, 2.24) is 49.3 Å². The summed E-state index contributed by atoms with van der Waals surface area (Å²) in [6, 6.07) is 0. The molecule has 3 fully saturated rings. The molecule has 8 rings (SSSR count). The molecule has 9 N–H and O–H groups in total. The number of hydrogen-bond acceptors (Lipinski definition) is 25. The van der Waals surface area contributed by atoms with Crippen LogP contribution in [0.5, 0.6) is 0 Å². The number of anilines is 2. The number of fused-ring (bicyclic) bond motifs is 5. The molecule has 0 aromatic carbocycles. The molecule has 3 saturated heterocycles. The van der Waals surface area contributed by atoms with Gasteiger partial charge in [0.05, 0.1) is 85.1 Å². The molecule has 4 amide bonds. The molecule has 33 nitrogen and oxygen atoms in total. The summed E-state index contributed by atoms with van der Waals surface area (Å²) in [7, 11) is -10.4. The molecule has 0 spiro atoms. The van der Waals surface area contributed by atoms with E-state index in [1.54, 1.807) is 0 Å². The first kappa shape index (κ1) is 53.7. The molecule has 35 heteroatoms. The Kier molecular flexibility index (Phi) is 17.5. The van der Waals surface area contributed by atoms with Crippen LogP contribution >= 0.6 is 15.6 Å². The number of nitrogens with two attached hydrogens (primary N) is 1. The number of nitrogens with zero attached hydrogens (tertiary/aromatic N) is 8. The highest BCUT2D eigenvalue weighted by Gasteiger charge is 2.54. The Morgan fingerprint density at radius 1 is 0.726 bits per heavy atom. The molecule has 0 radical (unpaired) electrons. The van der Waals surface area contributed by atoms with Crippen LogP contribution in [-0.2, 0) is 74.8 Å². The smallest absolute Gasteiger partial charge is 0.387 e. The van der Waals surface area contributed by atoms with Gasteiger partial charge in [-0.1, -0.05) is 0 Å². The van der Waals surface area contributed by atoms with E-state index in [0.717, 1.165) is 40.6 Å². The van der Waals surface area contributed by atoms with Crippen LogP contribution in [-0.4, -0.2) is 203 Å². The van der Waals surface area contributed by atoms with E-state index >= 15 is 0 Å². The summed E-state index contributed by atoms with van der Waals surface area (Å²) in [5.74, 6) is -2.05. The third-order valence-electron chi connectivity index (χ3n) is 11.2. The molecule has 398 valence electrons. The molecule has 2 bridgehead atoms. The first-order valence-electron chi connectivity index (χ1n) is 22.3. The van der Waals surface area contributed by atoms with Crippen LogP contribution in [0.3, 0.4) is 0 Å². The van der Waals surface area contributed by atoms with Gasteiger partial charge in [-0.05, 0) is 0 Å². The molecule has 4 aromatic rings. The number of aliphatic hydroxyl groups excluding tert-OH is 2. The third-order valence-corrected chi connectivity index (χ3v) is 13.1. The van der Waals surface area contributed by atoms with Crippen molar-refractivity contribution in [2.45, 2.75) is 61.9 Å². The van der Waals surface area contributed by atoms with Crippen molar-refractivity contribution in [3.8, 4) is 0 Å². The van der Waals surface area contributed by atoms with Gasteiger partial charge in [0.15, 0.2) is 40.6 Å². The maximum atomic E-state index is 13.5. The zero-order chi connectivity index (χ0) is 51.9. The maximum absolute atomic E-state index is 13.5. The van der Waals surface area contributed by atoms with E-state index in [4.69, 9.17) is 52.2 Å². The number of ether oxygens (including phenoxy) is 6. The summed E-state index contributed by atoms with van der Waals surface area (Å²) in [4.78, 5) is 106. The summed E-state index contributed by atoms with van der Waals surface area (Å²) in [5, 5.41) is 27.9. The van der Waals surface area contributed by atoms with Crippen molar-refractivity contribution in [3.05, 3.63) is 41.5 Å². The first-order valence-corrected chi connectivity index (χ1v) is 25.3. The van der Waals surface area contributed by atoms with Gasteiger partial charge in [-0.25, -0.2) is 29.1 Å². The fourth-order valence-corrected chi connectivity index (χ4v) is 9.60. The summed E-state index contributed by atoms with van der Waals surface area (Å²) in [6.07, 6.45) is -7.87. The molecule has 73 heavy (non-hydrogen) atoms. The number of carbonyl (C=O) groups excluding carboxylic acids is 4. The Morgan fingerprint density at radius 3 is 2.00 bits per heavy atom. The SMILES string of the molecule is Nc1nc2c(ncn2[C@@H]2O[C@@H]3COP(=O)(O)OC4C(O)[C@@H](COP(=O)(O)OC3C2O)O[C@H]4n2cnc3c(NC(=O)CCOCCOCCOCCOCCNC(=O)CCN4C(=O)C=CC4=O)ncnc32)c(=O)[nH]1. The molecular weight excluding hydrogens is 1020 g/mol. The lowest BCUT2D eigenvalue weighted by atomic mass is 10.1. The summed E-state index contributed by atoms with van der Waals surface area (Å²) in [5.41, 5.74) is 4.66. The Morgan fingerprint density at radius 2 is 1.32 bits per heavy atom. The van der Waals surface area contributed by atoms with Crippen LogP contribution in [0.1, 0.15) is 25.3 Å². The average molecular weight is 1070 g/mol. The number of aromatic nitrogens is 8. The number of phosphoric ester groups is 2. The maximum Gasteiger partial charge on any atom is 0.472 e. The Balaban J connectivity index is 0.768. The lowest BCUT2D eigenvalue weighted by Crippen LogP contribution is -2.36. The van der Waals surface area contributed by atoms with E-state index in [2.05, 4.69) is 40.5 Å². The van der Waals surface area contributed by atoms with Crippen molar-refractivity contribution in [2.75, 3.05) is 90.2 Å². The molecular formula is C38H50N12O21P2. The van der Waals surface area contributed by atoms with Gasteiger partial charge in [0.1, 0.15) is 43.0 Å². The number of nitrogen functional groups attached to an aromatic ring is 1. The molecule has 4 aromatic heterocycles. The van der Waals surface area contributed by atoms with Crippen molar-refractivity contribution >= 4 is 73.4 Å². The number of carbonyl (C=O) groups is 4. The highest BCUT2D eigenvalue weighted by molar-refractivity contribution is 7.47. The first-order chi connectivity index (χ1) is 35.0. The van der Waals surface area contributed by atoms with E-state index in [1.807, 2.05) is 0 Å². The van der Waals surface area contributed by atoms with Gasteiger partial charge >= 0.3 is 15.6 Å². The molecule has 4 aliphatic rings. The second-order valence-electron chi connectivity index (χ2n) is 16.1. The van der Waals surface area contributed by atoms with Gasteiger partial charge < -0.3 is 64.8 Å². The number of phosphoric acid groups is 2. The lowest BCUT2D eigenvalue weighted by molar-refractivity contribution is -0.137. The second-order valence-corrected chi connectivity index (χ2v) is 18.9. The van der Waals surface area contributed by atoms with Crippen LogP contribution in [0.15, 0.2) is 35.9 Å². The number of nitrogens with one attached hydrogen (secondary N) is 3. The van der Waals surface area contributed by atoms with Gasteiger partial charge in [-0.15, -0.1) is 0 Å². The van der Waals surface area contributed by atoms with Crippen LogP contribution in [0, 0.1) is 0 Å². The molecule has 4 aliphatic heterocycles. The number of aromatic amines is 1. The predicted octanol–water partition coefficient (Wildman–Crippen LogP) is -3.10. The van der Waals surface area contributed by atoms with Crippen LogP contribution in [0.4, 0.5) is 11.8 Å². The Bertz CT molecular complexity index is 2810. The number of rotatable bonds is 21. The van der Waals surface area contributed by atoms with Gasteiger partial charge in [-0.2, -0.15) is 4.98 Å². The van der Waals surface area contributed by atoms with Crippen LogP contribution in [0.25, 0.3) is 22.3 Å². The number of H-pyrrole nitrogens is 1. The molecule has 0 saturated carbocycles. The molecule has 10 atom stereocenters. The lowest BCUT2D eigenvalue weighted by Gasteiger charge is -2.25. The van der Waals surface area contributed by atoms with Crippen molar-refractivity contribution in [1.29, 1.82) is 0 Å². The van der Waals surface area contributed by atoms with E-state index in [9.17, 15) is 53.1 Å². The molecule has 8 heterocycles. The fraction of sp³-hybridized carbons (Fsp3) is 0.579. The number of imide groups is 1. The monoisotopic (exact) mass is 1070 g/mol. The molecule has 6 unspecified atom stereocenters. The molecule has 0 aliphatic carbocycles. The standard InChI is InChI=1S/C38H50N12O21P2/c39-38-46-34-27(35(57)47-38)44-19-50(34)36-29(56)30-21(69-36)16-67-73(60,61)71-31-28(55)20(15-66-72(58,59)70-30)68-37(31)49-18-43-26-32(41-17-42-33(26)49)45-23(52)4-7-62-9-11-64-13-14-65-12-10-63-8-5-40-22(51)3-6-48-24(53)1-2-25(48)54/h1-2,17-21,28-31,36-37,55-56H,3-16H2,(H,40,51)(H,58,59)(H,60,61)(H3,39,46,47,57)(H,41,42,45,52)/t20-,21-,28?,29?,30?,31?,36-,37-/m1/s1. The topological polar surface area (TPSA) is 436 Å². The summed E-state index contributed by atoms with van der Waals surface area (Å²) < 4.78 is 83.9. The van der Waals surface area contributed by atoms with Crippen molar-refractivity contribution in [2.24, 2.45) is 0 Å². The zero-order valence-electron chi connectivity index (χ0n) is 38.2. The van der Waals surface area contributed by atoms with E-state index in [-0.39, 0.29) is 119 Å². The van der Waals surface area contributed by atoms with Gasteiger partial charge in [0.2, 0.25) is 17.8 Å². The largest absolute Gasteiger partial charge is 0.472 e. The van der Waals surface area contributed by atoms with Gasteiger partial charge in [0, 0.05) is 31.7 Å². The Hall–Kier alpha value is -5.58.